The van der Waals surface area contributed by atoms with E-state index in [-0.39, 0.29) is 0 Å². The van der Waals surface area contributed by atoms with Gasteiger partial charge in [0.15, 0.2) is 0 Å². The molecule has 0 radical (unpaired) electrons. The number of aromatic amines is 2. The first-order valence-corrected chi connectivity index (χ1v) is 18.8. The molecule has 0 aliphatic carbocycles. The van der Waals surface area contributed by atoms with E-state index in [1.807, 2.05) is 24.3 Å². The average Bonchev–Trinajstić information content (AvgIpc) is 4.10. The van der Waals surface area contributed by atoms with Gasteiger partial charge in [-0.1, -0.05) is 170 Å². The minimum Gasteiger partial charge on any atom is -0.354 e. The highest BCUT2D eigenvalue weighted by molar-refractivity contribution is 5.95. The molecule has 8 bridgehead atoms. The number of nitrogens with zero attached hydrogens (tertiary/aromatic N) is 2. The normalized spacial score (nSPS) is 12.6. The van der Waals surface area contributed by atoms with E-state index in [1.54, 1.807) is 0 Å². The fraction of sp³-hybridized carbons (Fsp3) is 0. The van der Waals surface area contributed by atoms with E-state index >= 15 is 0 Å². The Morgan fingerprint density at radius 3 is 0.732 bits per heavy atom. The summed E-state index contributed by atoms with van der Waals surface area (Å²) in [5, 5.41) is 0. The van der Waals surface area contributed by atoms with Crippen LogP contribution >= 0.6 is 0 Å². The second-order valence-electron chi connectivity index (χ2n) is 13.6. The molecule has 9 rings (SSSR count). The van der Waals surface area contributed by atoms with Gasteiger partial charge in [0.2, 0.25) is 0 Å². The van der Waals surface area contributed by atoms with Crippen LogP contribution < -0.4 is 0 Å². The van der Waals surface area contributed by atoms with Gasteiger partial charge in [0.25, 0.3) is 0 Å². The highest BCUT2D eigenvalue weighted by atomic mass is 14.8. The summed E-state index contributed by atoms with van der Waals surface area (Å²) in [5.74, 6) is 0. The molecule has 56 heavy (non-hydrogen) atoms. The summed E-state index contributed by atoms with van der Waals surface area (Å²) in [6.45, 7) is 0. The molecule has 4 aromatic carbocycles. The summed E-state index contributed by atoms with van der Waals surface area (Å²) in [5.41, 5.74) is 15.7. The Kier molecular flexibility index (Phi) is 9.66. The Morgan fingerprint density at radius 1 is 0.268 bits per heavy atom. The molecule has 2 N–H and O–H groups in total. The summed E-state index contributed by atoms with van der Waals surface area (Å²) < 4.78 is 0. The van der Waals surface area contributed by atoms with Gasteiger partial charge in [0, 0.05) is 44.3 Å². The van der Waals surface area contributed by atoms with Crippen LogP contribution in [0.2, 0.25) is 0 Å². The number of H-pyrrole nitrogens is 2. The van der Waals surface area contributed by atoms with E-state index in [9.17, 15) is 0 Å². The van der Waals surface area contributed by atoms with Gasteiger partial charge in [-0.15, -0.1) is 0 Å². The third kappa shape index (κ3) is 7.58. The summed E-state index contributed by atoms with van der Waals surface area (Å²) in [6.07, 6.45) is 25.7. The minimum absolute atomic E-state index is 0.873. The third-order valence-electron chi connectivity index (χ3n) is 9.88. The molecule has 5 heterocycles. The van der Waals surface area contributed by atoms with Gasteiger partial charge in [-0.25, -0.2) is 9.97 Å². The number of hydrogen-bond donors (Lipinski definition) is 2. The van der Waals surface area contributed by atoms with Crippen LogP contribution in [0.5, 0.6) is 0 Å². The monoisotopic (exact) mass is 718 g/mol. The van der Waals surface area contributed by atoms with Crippen molar-refractivity contribution in [1.82, 2.24) is 19.9 Å². The van der Waals surface area contributed by atoms with Crippen molar-refractivity contribution in [1.29, 1.82) is 0 Å². The van der Waals surface area contributed by atoms with Crippen LogP contribution in [0.25, 0.3) is 95.0 Å². The number of aromatic nitrogens is 4. The van der Waals surface area contributed by atoms with Gasteiger partial charge in [-0.3, -0.25) is 0 Å². The van der Waals surface area contributed by atoms with Crippen LogP contribution in [0.3, 0.4) is 0 Å². The van der Waals surface area contributed by atoms with Crippen molar-refractivity contribution in [3.63, 3.8) is 0 Å². The molecule has 0 amide bonds. The molecule has 0 atom stereocenters. The summed E-state index contributed by atoms with van der Waals surface area (Å²) >= 11 is 0. The molecule has 0 fully saturated rings. The smallest absolute Gasteiger partial charge is 0.0731 e. The summed E-state index contributed by atoms with van der Waals surface area (Å²) in [6, 6.07) is 50.1. The molecule has 3 aromatic heterocycles. The van der Waals surface area contributed by atoms with Gasteiger partial charge in [0.05, 0.1) is 22.8 Å². The Hall–Kier alpha value is -7.56. The van der Waals surface area contributed by atoms with Crippen LogP contribution in [-0.4, -0.2) is 19.9 Å². The van der Waals surface area contributed by atoms with Gasteiger partial charge in [-0.05, 0) is 70.8 Å². The SMILES string of the molecule is C1=Cc2nc1c(/C=C\c1ccccc1)c1ccc([nH]1)c(/C=C\c1ccccc1)c1nc(c(/C=C\c3ccccc3)c3ccc([nH]3)c2/C=C\c2ccccc2)C=C1. The number of hydrogen-bond acceptors (Lipinski definition) is 2. The van der Waals surface area contributed by atoms with Crippen molar-refractivity contribution < 1.29 is 0 Å². The zero-order valence-corrected chi connectivity index (χ0v) is 30.7. The van der Waals surface area contributed by atoms with Crippen molar-refractivity contribution in [2.45, 2.75) is 0 Å². The second-order valence-corrected chi connectivity index (χ2v) is 13.6. The summed E-state index contributed by atoms with van der Waals surface area (Å²) in [7, 11) is 0. The quantitative estimate of drug-likeness (QED) is 0.164. The zero-order valence-electron chi connectivity index (χ0n) is 30.7. The molecule has 0 saturated carbocycles. The van der Waals surface area contributed by atoms with Crippen LogP contribution in [-0.2, 0) is 0 Å². The lowest BCUT2D eigenvalue weighted by atomic mass is 10.1. The Morgan fingerprint density at radius 2 is 0.500 bits per heavy atom. The second kappa shape index (κ2) is 15.8. The first-order valence-electron chi connectivity index (χ1n) is 18.8. The van der Waals surface area contributed by atoms with E-state index in [4.69, 9.17) is 9.97 Å². The molecule has 4 heteroatoms. The van der Waals surface area contributed by atoms with Crippen LogP contribution in [0.15, 0.2) is 146 Å². The predicted octanol–water partition coefficient (Wildman–Crippen LogP) is 13.3. The molecule has 7 aromatic rings. The molecule has 0 saturated heterocycles. The maximum absolute atomic E-state index is 5.33. The van der Waals surface area contributed by atoms with Crippen LogP contribution in [0, 0.1) is 0 Å². The fourth-order valence-electron chi connectivity index (χ4n) is 6.97. The van der Waals surface area contributed by atoms with E-state index in [1.165, 1.54) is 0 Å². The van der Waals surface area contributed by atoms with Crippen molar-refractivity contribution in [3.8, 4) is 0 Å². The highest BCUT2D eigenvalue weighted by Gasteiger charge is 2.14. The topological polar surface area (TPSA) is 57.4 Å². The van der Waals surface area contributed by atoms with Gasteiger partial charge in [0.1, 0.15) is 0 Å². The number of nitrogens with one attached hydrogen (secondary N) is 2. The van der Waals surface area contributed by atoms with E-state index in [2.05, 4.69) is 204 Å². The zero-order chi connectivity index (χ0) is 37.5. The fourth-order valence-corrected chi connectivity index (χ4v) is 6.97. The summed E-state index contributed by atoms with van der Waals surface area (Å²) in [4.78, 5) is 18.2. The molecule has 0 spiro atoms. The molecule has 2 aliphatic rings. The lowest BCUT2D eigenvalue weighted by Crippen LogP contribution is -1.88. The Bertz CT molecular complexity index is 2480. The average molecular weight is 719 g/mol. The van der Waals surface area contributed by atoms with Crippen molar-refractivity contribution in [2.24, 2.45) is 0 Å². The predicted molar refractivity (Wildman–Crippen MR) is 240 cm³/mol. The first-order chi connectivity index (χ1) is 27.7. The van der Waals surface area contributed by atoms with E-state index in [0.717, 1.165) is 89.4 Å². The maximum Gasteiger partial charge on any atom is 0.0731 e. The van der Waals surface area contributed by atoms with E-state index < -0.39 is 0 Å². The van der Waals surface area contributed by atoms with Gasteiger partial charge >= 0.3 is 0 Å². The highest BCUT2D eigenvalue weighted by Crippen LogP contribution is 2.30. The molecular formula is C52H38N4. The maximum atomic E-state index is 5.33. The minimum atomic E-state index is 0.873. The van der Waals surface area contributed by atoms with Gasteiger partial charge in [-0.2, -0.15) is 0 Å². The van der Waals surface area contributed by atoms with Crippen molar-refractivity contribution in [2.75, 3.05) is 0 Å². The van der Waals surface area contributed by atoms with Crippen LogP contribution in [0.4, 0.5) is 0 Å². The molecule has 2 aliphatic heterocycles. The largest absolute Gasteiger partial charge is 0.354 e. The standard InChI is InChI=1S/C52H38N4/c1-5-13-37(14-6-1)21-25-41-45-29-31-47(53-45)42(26-22-38-15-7-2-8-16-38)49-33-35-51(55-49)44(28-24-40-19-11-4-12-20-40)52-36-34-50(56-52)43(48-32-30-46(41)54-48)27-23-39-17-9-3-10-18-39/h1-36,53,56H/b25-21-,26-22-,27-23-,28-24-,45-41?,46-41?,47-42?,48-43?,49-42?,50-43?,51-44?,52-44?. The molecular weight excluding hydrogens is 681 g/mol. The van der Waals surface area contributed by atoms with Crippen molar-refractivity contribution >= 4 is 95.0 Å². The molecule has 266 valence electrons. The van der Waals surface area contributed by atoms with E-state index in [0.29, 0.717) is 0 Å². The Labute approximate surface area is 326 Å². The van der Waals surface area contributed by atoms with Crippen LogP contribution in [0.1, 0.15) is 67.3 Å². The van der Waals surface area contributed by atoms with Crippen molar-refractivity contribution in [3.05, 3.63) is 213 Å². The lowest BCUT2D eigenvalue weighted by molar-refractivity contribution is 1.29. The molecule has 0 unspecified atom stereocenters. The third-order valence-corrected chi connectivity index (χ3v) is 9.88. The van der Waals surface area contributed by atoms with Gasteiger partial charge < -0.3 is 9.97 Å². The number of benzene rings is 4. The first kappa shape index (κ1) is 34.2. The Balaban J connectivity index is 1.35. The number of rotatable bonds is 8. The lowest BCUT2D eigenvalue weighted by Gasteiger charge is -2.01. The molecule has 4 nitrogen and oxygen atoms in total. The number of fused-ring (bicyclic) bond motifs is 8.